The second kappa shape index (κ2) is 13.1. The Bertz CT molecular complexity index is 2330. The summed E-state index contributed by atoms with van der Waals surface area (Å²) in [7, 11) is -3.31. The van der Waals surface area contributed by atoms with Gasteiger partial charge in [0.05, 0.1) is 62.7 Å². The van der Waals surface area contributed by atoms with Gasteiger partial charge in [-0.1, -0.05) is 46.5 Å². The van der Waals surface area contributed by atoms with Gasteiger partial charge in [-0.2, -0.15) is 8.42 Å². The lowest BCUT2D eigenvalue weighted by Crippen LogP contribution is -2.29. The fraction of sp³-hybridized carbons (Fsp3) is 0.0333. The lowest BCUT2D eigenvalue weighted by Gasteiger charge is -2.26. The van der Waals surface area contributed by atoms with Crippen LogP contribution in [0.4, 0.5) is 17.1 Å². The SMILES string of the molecule is Cn1c(=O)c(C(=O)c2cccc(SOOO)c2)c2c3c(c(Nc4cc(N)c(S(=O)(=O)O)cc4SOOO)ccc31)C(=O)c1ccccc1-2. The highest BCUT2D eigenvalue weighted by molar-refractivity contribution is 7.95. The molecule has 6 rings (SSSR count). The van der Waals surface area contributed by atoms with Crippen LogP contribution in [0.3, 0.4) is 0 Å². The number of nitrogens with two attached hydrogens (primary N) is 1. The van der Waals surface area contributed by atoms with E-state index in [0.29, 0.717) is 40.1 Å². The molecule has 5 aromatic rings. The molecule has 0 bridgehead atoms. The normalized spacial score (nSPS) is 12.3. The Balaban J connectivity index is 1.62. The van der Waals surface area contributed by atoms with Crippen LogP contribution in [0.25, 0.3) is 22.0 Å². The van der Waals surface area contributed by atoms with E-state index >= 15 is 0 Å². The van der Waals surface area contributed by atoms with Crippen molar-refractivity contribution < 1.29 is 51.8 Å². The number of fused-ring (bicyclic) bond motifs is 2. The zero-order valence-electron chi connectivity index (χ0n) is 24.2. The van der Waals surface area contributed by atoms with Crippen molar-refractivity contribution >= 4 is 73.7 Å². The fourth-order valence-corrected chi connectivity index (χ4v) is 7.13. The molecule has 1 aromatic heterocycles. The lowest BCUT2D eigenvalue weighted by molar-refractivity contribution is -0.432. The molecule has 1 aliphatic rings. The molecule has 0 fully saturated rings. The number of aryl methyl sites for hydroxylation is 1. The number of rotatable bonds is 11. The average molecular weight is 712 g/mol. The number of aromatic nitrogens is 1. The monoisotopic (exact) mass is 711 g/mol. The summed E-state index contributed by atoms with van der Waals surface area (Å²) in [5.74, 6) is -1.10. The molecule has 0 aliphatic heterocycles. The summed E-state index contributed by atoms with van der Waals surface area (Å²) in [5.41, 5.74) is 6.31. The molecule has 18 heteroatoms. The van der Waals surface area contributed by atoms with Gasteiger partial charge >= 0.3 is 0 Å². The van der Waals surface area contributed by atoms with Crippen molar-refractivity contribution in [1.29, 1.82) is 0 Å². The average Bonchev–Trinajstić information content (AvgIpc) is 3.07. The van der Waals surface area contributed by atoms with E-state index in [9.17, 15) is 27.4 Å². The number of hydrogen-bond donors (Lipinski definition) is 5. The third kappa shape index (κ3) is 5.86. The van der Waals surface area contributed by atoms with Crippen LogP contribution in [-0.2, 0) is 35.9 Å². The van der Waals surface area contributed by atoms with E-state index in [4.69, 9.17) is 16.2 Å². The van der Waals surface area contributed by atoms with E-state index in [2.05, 4.69) is 24.1 Å². The third-order valence-electron chi connectivity index (χ3n) is 7.53. The molecule has 0 radical (unpaired) electrons. The molecule has 0 spiro atoms. The van der Waals surface area contributed by atoms with E-state index in [1.807, 2.05) is 0 Å². The van der Waals surface area contributed by atoms with Crippen LogP contribution < -0.4 is 16.6 Å². The number of carbonyl (C=O) groups is 2. The second-order valence-electron chi connectivity index (χ2n) is 10.2. The van der Waals surface area contributed by atoms with Crippen molar-refractivity contribution in [2.75, 3.05) is 11.1 Å². The first-order chi connectivity index (χ1) is 23.0. The summed E-state index contributed by atoms with van der Waals surface area (Å²) >= 11 is 1.00. The quantitative estimate of drug-likeness (QED) is 0.0283. The number of pyridine rings is 1. The van der Waals surface area contributed by atoms with Crippen molar-refractivity contribution in [2.24, 2.45) is 7.05 Å². The maximum absolute atomic E-state index is 14.2. The molecular weight excluding hydrogens is 691 g/mol. The summed E-state index contributed by atoms with van der Waals surface area (Å²) in [4.78, 5) is 42.1. The van der Waals surface area contributed by atoms with Gasteiger partial charge in [0.2, 0.25) is 0 Å². The molecule has 0 saturated heterocycles. The second-order valence-corrected chi connectivity index (χ2v) is 13.1. The summed E-state index contributed by atoms with van der Waals surface area (Å²) in [6.45, 7) is 0. The highest BCUT2D eigenvalue weighted by Crippen LogP contribution is 2.45. The Kier molecular flexibility index (Phi) is 9.11. The van der Waals surface area contributed by atoms with Gasteiger partial charge in [-0.25, -0.2) is 10.5 Å². The van der Waals surface area contributed by atoms with Gasteiger partial charge in [0.1, 0.15) is 4.90 Å². The fourth-order valence-electron chi connectivity index (χ4n) is 5.54. The molecule has 1 aliphatic carbocycles. The first-order valence-corrected chi connectivity index (χ1v) is 16.3. The summed E-state index contributed by atoms with van der Waals surface area (Å²) in [6.07, 6.45) is 0. The molecule has 0 amide bonds. The van der Waals surface area contributed by atoms with E-state index in [1.165, 1.54) is 29.8 Å². The minimum absolute atomic E-state index is 0.0355. The Hall–Kier alpha value is -4.60. The molecule has 0 unspecified atom stereocenters. The van der Waals surface area contributed by atoms with Crippen molar-refractivity contribution in [3.63, 3.8) is 0 Å². The Morgan fingerprint density at radius 3 is 2.29 bits per heavy atom. The maximum atomic E-state index is 14.2. The predicted molar refractivity (Wildman–Crippen MR) is 173 cm³/mol. The van der Waals surface area contributed by atoms with Gasteiger partial charge in [0.15, 0.2) is 11.6 Å². The maximum Gasteiger partial charge on any atom is 0.296 e. The van der Waals surface area contributed by atoms with Gasteiger partial charge in [0.25, 0.3) is 15.7 Å². The van der Waals surface area contributed by atoms with Gasteiger partial charge in [-0.05, 0) is 42.0 Å². The first kappa shape index (κ1) is 33.3. The molecule has 15 nitrogen and oxygen atoms in total. The molecule has 1 heterocycles. The van der Waals surface area contributed by atoms with Crippen LogP contribution in [0.5, 0.6) is 0 Å². The van der Waals surface area contributed by atoms with Crippen LogP contribution >= 0.6 is 24.1 Å². The highest BCUT2D eigenvalue weighted by atomic mass is 32.2. The minimum atomic E-state index is -4.77. The lowest BCUT2D eigenvalue weighted by atomic mass is 9.80. The largest absolute Gasteiger partial charge is 0.398 e. The summed E-state index contributed by atoms with van der Waals surface area (Å²) in [6, 6.07) is 17.8. The number of nitrogen functional groups attached to an aromatic ring is 1. The molecule has 246 valence electrons. The number of nitrogens with one attached hydrogen (secondary N) is 1. The number of nitrogens with zero attached hydrogens (tertiary/aromatic N) is 1. The van der Waals surface area contributed by atoms with Crippen molar-refractivity contribution in [3.05, 3.63) is 105 Å². The highest BCUT2D eigenvalue weighted by Gasteiger charge is 2.34. The zero-order chi connectivity index (χ0) is 34.3. The van der Waals surface area contributed by atoms with Crippen molar-refractivity contribution in [1.82, 2.24) is 4.57 Å². The van der Waals surface area contributed by atoms with E-state index in [1.54, 1.807) is 42.5 Å². The van der Waals surface area contributed by atoms with Crippen molar-refractivity contribution in [3.8, 4) is 11.1 Å². The number of ketones is 2. The summed E-state index contributed by atoms with van der Waals surface area (Å²) in [5, 5.41) is 27.9. The van der Waals surface area contributed by atoms with Crippen LogP contribution in [0.15, 0.2) is 92.3 Å². The molecule has 0 atom stereocenters. The Morgan fingerprint density at radius 2 is 1.58 bits per heavy atom. The molecule has 48 heavy (non-hydrogen) atoms. The molecule has 0 saturated carbocycles. The van der Waals surface area contributed by atoms with E-state index in [0.717, 1.165) is 12.1 Å². The van der Waals surface area contributed by atoms with Gasteiger partial charge in [-0.3, -0.25) is 18.9 Å². The van der Waals surface area contributed by atoms with Gasteiger partial charge in [-0.15, -0.1) is 8.67 Å². The zero-order valence-corrected chi connectivity index (χ0v) is 26.6. The molecule has 6 N–H and O–H groups in total. The van der Waals surface area contributed by atoms with Gasteiger partial charge in [0, 0.05) is 34.0 Å². The Labute approximate surface area is 278 Å². The van der Waals surface area contributed by atoms with Gasteiger partial charge < -0.3 is 15.6 Å². The van der Waals surface area contributed by atoms with Crippen LogP contribution in [0.2, 0.25) is 0 Å². The van der Waals surface area contributed by atoms with Crippen LogP contribution in [0, 0.1) is 0 Å². The molecular formula is C30H21N3O12S3. The predicted octanol–water partition coefficient (Wildman–Crippen LogP) is 5.41. The number of carbonyl (C=O) groups excluding carboxylic acids is 2. The smallest absolute Gasteiger partial charge is 0.296 e. The van der Waals surface area contributed by atoms with Crippen molar-refractivity contribution in [2.45, 2.75) is 14.7 Å². The number of anilines is 3. The number of hydrogen-bond acceptors (Lipinski definition) is 15. The first-order valence-electron chi connectivity index (χ1n) is 13.4. The van der Waals surface area contributed by atoms with E-state index in [-0.39, 0.29) is 55.2 Å². The van der Waals surface area contributed by atoms with Crippen LogP contribution in [0.1, 0.15) is 31.8 Å². The molecule has 4 aromatic carbocycles. The summed E-state index contributed by atoms with van der Waals surface area (Å²) < 4.78 is 43.7. The minimum Gasteiger partial charge on any atom is -0.398 e. The topological polar surface area (TPSA) is 226 Å². The standard InChI is InChI=1S/C30H21N3O12S3/c1-33-21-10-9-19(32-20-12-18(31)23(48(39,40)41)13-22(20)47-45-43-38)25-26(21)24(16-7-2-3-8-17(16)29(25)35)27(30(33)36)28(34)14-5-4-6-15(11-14)46-44-42-37/h2-13,32,37-38H,31H2,1H3,(H,39,40,41). The Morgan fingerprint density at radius 1 is 0.875 bits per heavy atom. The van der Waals surface area contributed by atoms with E-state index < -0.39 is 32.1 Å². The third-order valence-corrected chi connectivity index (χ3v) is 9.66. The van der Waals surface area contributed by atoms with Crippen LogP contribution in [-0.4, -0.2) is 39.6 Å². The number of benzene rings is 4.